The number of carbonyl (C=O) groups is 1. The highest BCUT2D eigenvalue weighted by atomic mass is 79.9. The number of hydrogen-bond donors (Lipinski definition) is 2. The Bertz CT molecular complexity index is 1230. The molecule has 1 aromatic carbocycles. The first-order chi connectivity index (χ1) is 14.1. The van der Waals surface area contributed by atoms with Gasteiger partial charge in [0, 0.05) is 29.6 Å². The quantitative estimate of drug-likeness (QED) is 0.492. The van der Waals surface area contributed by atoms with Crippen LogP contribution in [0.25, 0.3) is 27.9 Å². The average molecular weight is 455 g/mol. The second-order valence-corrected chi connectivity index (χ2v) is 8.07. The summed E-state index contributed by atoms with van der Waals surface area (Å²) in [5.74, 6) is 1.04. The molecule has 4 aromatic rings. The molecule has 3 aromatic heterocycles. The summed E-state index contributed by atoms with van der Waals surface area (Å²) in [7, 11) is 1.85. The van der Waals surface area contributed by atoms with Gasteiger partial charge < -0.3 is 10.6 Å². The summed E-state index contributed by atoms with van der Waals surface area (Å²) in [5, 5.41) is 16.0. The van der Waals surface area contributed by atoms with Gasteiger partial charge in [-0.1, -0.05) is 15.9 Å². The summed E-state index contributed by atoms with van der Waals surface area (Å²) >= 11 is 3.51. The highest BCUT2D eigenvalue weighted by Gasteiger charge is 2.23. The highest BCUT2D eigenvalue weighted by Crippen LogP contribution is 2.27. The molecule has 29 heavy (non-hydrogen) atoms. The third-order valence-corrected chi connectivity index (χ3v) is 5.53. The molecule has 1 atom stereocenters. The van der Waals surface area contributed by atoms with Crippen LogP contribution in [0.5, 0.6) is 0 Å². The standard InChI is InChI=1S/C19H19BrN8O/c1-27-10-11(9-22-27)16-25-17-13-6-5-12(20)8-15(13)24-19(28(17)26-16)23-14-4-2-3-7-21-18(14)29/h5-6,8-10,14H,2-4,7H2,1H3,(H,21,29)(H,23,24)/t14-/m1/s1. The minimum atomic E-state index is -0.358. The van der Waals surface area contributed by atoms with Crippen molar-refractivity contribution in [1.82, 2.24) is 34.7 Å². The van der Waals surface area contributed by atoms with Crippen LogP contribution in [0.15, 0.2) is 35.1 Å². The van der Waals surface area contributed by atoms with E-state index in [0.717, 1.165) is 40.2 Å². The molecule has 1 saturated heterocycles. The van der Waals surface area contributed by atoms with E-state index in [4.69, 9.17) is 9.97 Å². The Morgan fingerprint density at radius 2 is 2.17 bits per heavy atom. The van der Waals surface area contributed by atoms with E-state index in [1.807, 2.05) is 31.4 Å². The van der Waals surface area contributed by atoms with E-state index in [9.17, 15) is 4.79 Å². The van der Waals surface area contributed by atoms with Gasteiger partial charge in [-0.05, 0) is 37.5 Å². The van der Waals surface area contributed by atoms with Crippen molar-refractivity contribution in [2.24, 2.45) is 7.05 Å². The molecule has 0 aliphatic carbocycles. The van der Waals surface area contributed by atoms with Crippen LogP contribution in [0.4, 0.5) is 5.95 Å². The molecule has 10 heteroatoms. The minimum absolute atomic E-state index is 0.0145. The van der Waals surface area contributed by atoms with Crippen LogP contribution in [0.1, 0.15) is 19.3 Å². The third-order valence-electron chi connectivity index (χ3n) is 5.04. The van der Waals surface area contributed by atoms with Crippen LogP contribution < -0.4 is 10.6 Å². The number of nitrogens with zero attached hydrogens (tertiary/aromatic N) is 6. The average Bonchev–Trinajstić information content (AvgIpc) is 3.27. The molecule has 5 rings (SSSR count). The fourth-order valence-electron chi connectivity index (χ4n) is 3.57. The van der Waals surface area contributed by atoms with E-state index in [1.165, 1.54) is 0 Å². The first kappa shape index (κ1) is 18.0. The summed E-state index contributed by atoms with van der Waals surface area (Å²) < 4.78 is 4.31. The maximum Gasteiger partial charge on any atom is 0.242 e. The van der Waals surface area contributed by atoms with Crippen molar-refractivity contribution >= 4 is 44.3 Å². The van der Waals surface area contributed by atoms with Crippen LogP contribution in [0.3, 0.4) is 0 Å². The zero-order valence-electron chi connectivity index (χ0n) is 15.8. The highest BCUT2D eigenvalue weighted by molar-refractivity contribution is 9.10. The number of rotatable bonds is 3. The van der Waals surface area contributed by atoms with E-state index in [0.29, 0.717) is 24.0 Å². The van der Waals surface area contributed by atoms with Crippen molar-refractivity contribution in [3.8, 4) is 11.4 Å². The first-order valence-electron chi connectivity index (χ1n) is 9.48. The number of carbonyl (C=O) groups excluding carboxylic acids is 1. The Balaban J connectivity index is 1.68. The Morgan fingerprint density at radius 3 is 3.00 bits per heavy atom. The summed E-state index contributed by atoms with van der Waals surface area (Å²) in [6.45, 7) is 0.707. The molecule has 1 aliphatic rings. The van der Waals surface area contributed by atoms with E-state index in [-0.39, 0.29) is 11.9 Å². The lowest BCUT2D eigenvalue weighted by Gasteiger charge is -2.16. The monoisotopic (exact) mass is 454 g/mol. The molecular weight excluding hydrogens is 436 g/mol. The topological polar surface area (TPSA) is 102 Å². The Kier molecular flexibility index (Phi) is 4.42. The predicted octanol–water partition coefficient (Wildman–Crippen LogP) is 2.52. The van der Waals surface area contributed by atoms with Crippen molar-refractivity contribution < 1.29 is 4.79 Å². The number of fused-ring (bicyclic) bond motifs is 3. The van der Waals surface area contributed by atoms with Crippen LogP contribution in [-0.4, -0.2) is 47.9 Å². The lowest BCUT2D eigenvalue weighted by Crippen LogP contribution is -2.38. The molecule has 0 spiro atoms. The third kappa shape index (κ3) is 3.33. The maximum atomic E-state index is 12.4. The van der Waals surface area contributed by atoms with Crippen molar-refractivity contribution in [1.29, 1.82) is 0 Å². The van der Waals surface area contributed by atoms with E-state index >= 15 is 0 Å². The van der Waals surface area contributed by atoms with Crippen molar-refractivity contribution in [2.45, 2.75) is 25.3 Å². The van der Waals surface area contributed by atoms with Gasteiger partial charge in [-0.3, -0.25) is 9.48 Å². The van der Waals surface area contributed by atoms with Gasteiger partial charge in [0.05, 0.1) is 17.3 Å². The van der Waals surface area contributed by atoms with Crippen LogP contribution in [0.2, 0.25) is 0 Å². The second-order valence-electron chi connectivity index (χ2n) is 7.15. The molecule has 0 saturated carbocycles. The summed E-state index contributed by atoms with van der Waals surface area (Å²) in [6.07, 6.45) is 6.29. The number of halogens is 1. The fraction of sp³-hybridized carbons (Fsp3) is 0.316. The van der Waals surface area contributed by atoms with E-state index < -0.39 is 0 Å². The smallest absolute Gasteiger partial charge is 0.242 e. The molecule has 9 nitrogen and oxygen atoms in total. The Morgan fingerprint density at radius 1 is 1.28 bits per heavy atom. The van der Waals surface area contributed by atoms with Crippen LogP contribution >= 0.6 is 15.9 Å². The molecule has 4 heterocycles. The lowest BCUT2D eigenvalue weighted by molar-refractivity contribution is -0.121. The molecule has 148 valence electrons. The van der Waals surface area contributed by atoms with Crippen molar-refractivity contribution in [3.63, 3.8) is 0 Å². The Labute approximate surface area is 174 Å². The van der Waals surface area contributed by atoms with Gasteiger partial charge in [0.15, 0.2) is 11.5 Å². The predicted molar refractivity (Wildman–Crippen MR) is 112 cm³/mol. The number of nitrogens with one attached hydrogen (secondary N) is 2. The number of hydrogen-bond acceptors (Lipinski definition) is 6. The molecule has 0 bridgehead atoms. The van der Waals surface area contributed by atoms with Gasteiger partial charge in [0.25, 0.3) is 0 Å². The SMILES string of the molecule is Cn1cc(-c2nc3c4ccc(Br)cc4nc(N[C@@H]4CCCCNC4=O)n3n2)cn1. The Hall–Kier alpha value is -3.01. The molecule has 0 unspecified atom stereocenters. The van der Waals surface area contributed by atoms with Crippen LogP contribution in [-0.2, 0) is 11.8 Å². The summed E-state index contributed by atoms with van der Waals surface area (Å²) in [6, 6.07) is 5.50. The van der Waals surface area contributed by atoms with Crippen molar-refractivity contribution in [3.05, 3.63) is 35.1 Å². The lowest BCUT2D eigenvalue weighted by atomic mass is 10.1. The number of anilines is 1. The van der Waals surface area contributed by atoms with Gasteiger partial charge in [0.2, 0.25) is 11.9 Å². The summed E-state index contributed by atoms with van der Waals surface area (Å²) in [5.41, 5.74) is 2.27. The van der Waals surface area contributed by atoms with Gasteiger partial charge in [0.1, 0.15) is 6.04 Å². The summed E-state index contributed by atoms with van der Waals surface area (Å²) in [4.78, 5) is 21.9. The van der Waals surface area contributed by atoms with Gasteiger partial charge in [-0.25, -0.2) is 9.97 Å². The first-order valence-corrected chi connectivity index (χ1v) is 10.3. The zero-order valence-corrected chi connectivity index (χ0v) is 17.3. The van der Waals surface area contributed by atoms with Crippen molar-refractivity contribution in [2.75, 3.05) is 11.9 Å². The molecule has 1 amide bonds. The van der Waals surface area contributed by atoms with Gasteiger partial charge >= 0.3 is 0 Å². The minimum Gasteiger partial charge on any atom is -0.354 e. The molecule has 2 N–H and O–H groups in total. The largest absolute Gasteiger partial charge is 0.354 e. The zero-order chi connectivity index (χ0) is 20.0. The molecule has 0 radical (unpaired) electrons. The fourth-order valence-corrected chi connectivity index (χ4v) is 3.92. The van der Waals surface area contributed by atoms with Gasteiger partial charge in [-0.15, -0.1) is 5.10 Å². The maximum absolute atomic E-state index is 12.4. The molecule has 1 aliphatic heterocycles. The second kappa shape index (κ2) is 7.11. The van der Waals surface area contributed by atoms with Crippen LogP contribution in [0, 0.1) is 0 Å². The number of amides is 1. The molecule has 1 fully saturated rings. The van der Waals surface area contributed by atoms with E-state index in [1.54, 1.807) is 15.4 Å². The van der Waals surface area contributed by atoms with Gasteiger partial charge in [-0.2, -0.15) is 9.61 Å². The van der Waals surface area contributed by atoms with E-state index in [2.05, 4.69) is 36.8 Å². The number of benzene rings is 1. The molecular formula is C19H19BrN8O. The number of aromatic nitrogens is 6. The number of aryl methyl sites for hydroxylation is 1. The normalized spacial score (nSPS) is 17.4.